The minimum absolute atomic E-state index is 0.0275. The number of pyridine rings is 1. The molecule has 11 nitrogen and oxygen atoms in total. The van der Waals surface area contributed by atoms with Gasteiger partial charge < -0.3 is 30.7 Å². The van der Waals surface area contributed by atoms with E-state index in [1.807, 2.05) is 86.0 Å². The Morgan fingerprint density at radius 1 is 0.885 bits per heavy atom. The van der Waals surface area contributed by atoms with Crippen LogP contribution in [-0.2, 0) is 40.9 Å². The summed E-state index contributed by atoms with van der Waals surface area (Å²) in [7, 11) is 1.68. The molecule has 0 aliphatic heterocycles. The minimum Gasteiger partial charge on any atom is -0.445 e. The number of benzene rings is 2. The summed E-state index contributed by atoms with van der Waals surface area (Å²) in [6.45, 7) is 10.4. The molecule has 4 aromatic rings. The average molecular weight is 729 g/mol. The van der Waals surface area contributed by atoms with E-state index in [0.29, 0.717) is 19.4 Å². The van der Waals surface area contributed by atoms with E-state index >= 15 is 0 Å². The first-order chi connectivity index (χ1) is 24.8. The topological polar surface area (TPSA) is 146 Å². The summed E-state index contributed by atoms with van der Waals surface area (Å²) < 4.78 is 5.46. The second-order valence-electron chi connectivity index (χ2n) is 14.5. The van der Waals surface area contributed by atoms with Crippen LogP contribution in [0.5, 0.6) is 0 Å². The van der Waals surface area contributed by atoms with Gasteiger partial charge in [-0.3, -0.25) is 9.78 Å². The van der Waals surface area contributed by atoms with E-state index in [2.05, 4.69) is 41.7 Å². The fraction of sp³-hybridized carbons (Fsp3) is 0.425. The van der Waals surface area contributed by atoms with Crippen molar-refractivity contribution in [2.45, 2.75) is 96.7 Å². The number of nitrogens with one attached hydrogen (secondary N) is 3. The van der Waals surface area contributed by atoms with Crippen molar-refractivity contribution in [2.75, 3.05) is 7.05 Å². The zero-order valence-corrected chi connectivity index (χ0v) is 31.7. The van der Waals surface area contributed by atoms with Gasteiger partial charge in [0.1, 0.15) is 12.6 Å². The van der Waals surface area contributed by atoms with Crippen molar-refractivity contribution in [3.05, 3.63) is 118 Å². The highest BCUT2D eigenvalue weighted by Gasteiger charge is 2.31. The Kier molecular flexibility index (Phi) is 14.7. The van der Waals surface area contributed by atoms with Crippen molar-refractivity contribution in [3.8, 4) is 0 Å². The van der Waals surface area contributed by atoms with Crippen molar-refractivity contribution >= 4 is 29.4 Å². The molecule has 0 radical (unpaired) electrons. The molecular formula is C40H52N6O5S. The number of nitrogens with zero attached hydrogens (tertiary/aromatic N) is 3. The molecule has 2 aromatic heterocycles. The maximum absolute atomic E-state index is 13.9. The van der Waals surface area contributed by atoms with Crippen LogP contribution in [0.15, 0.2) is 90.6 Å². The third-order valence-corrected chi connectivity index (χ3v) is 9.84. The minimum atomic E-state index is -1.06. The number of urea groups is 1. The van der Waals surface area contributed by atoms with Crippen LogP contribution in [0.4, 0.5) is 9.59 Å². The second kappa shape index (κ2) is 19.1. The number of aliphatic hydroxyl groups excluding tert-OH is 1. The number of hydrogen-bond donors (Lipinski definition) is 4. The molecule has 0 aliphatic carbocycles. The number of alkyl carbamates (subject to hydrolysis) is 1. The van der Waals surface area contributed by atoms with Crippen molar-refractivity contribution in [2.24, 2.45) is 5.92 Å². The van der Waals surface area contributed by atoms with E-state index in [1.54, 1.807) is 36.8 Å². The highest BCUT2D eigenvalue weighted by Crippen LogP contribution is 2.26. The molecule has 4 rings (SSSR count). The first kappa shape index (κ1) is 40.0. The average Bonchev–Trinajstić information content (AvgIpc) is 3.60. The number of carbonyl (C=O) groups excluding carboxylic acids is 3. The summed E-state index contributed by atoms with van der Waals surface area (Å²) in [5.74, 6) is -0.592. The summed E-state index contributed by atoms with van der Waals surface area (Å²) in [5.41, 5.74) is 3.32. The largest absolute Gasteiger partial charge is 0.445 e. The summed E-state index contributed by atoms with van der Waals surface area (Å²) in [6, 6.07) is 20.3. The molecule has 0 spiro atoms. The monoisotopic (exact) mass is 728 g/mol. The van der Waals surface area contributed by atoms with Gasteiger partial charge in [-0.05, 0) is 42.4 Å². The summed E-state index contributed by atoms with van der Waals surface area (Å²) in [5, 5.41) is 23.5. The molecule has 1 unspecified atom stereocenters. The molecule has 12 heteroatoms. The molecule has 4 atom stereocenters. The first-order valence-electron chi connectivity index (χ1n) is 17.6. The lowest BCUT2D eigenvalue weighted by molar-refractivity contribution is -0.124. The highest BCUT2D eigenvalue weighted by atomic mass is 32.1. The number of hydrogen-bond acceptors (Lipinski definition) is 8. The summed E-state index contributed by atoms with van der Waals surface area (Å²) >= 11 is 1.57. The molecular weight excluding hydrogens is 677 g/mol. The third-order valence-electron chi connectivity index (χ3n) is 8.52. The zero-order valence-electron chi connectivity index (χ0n) is 30.9. The van der Waals surface area contributed by atoms with E-state index < -0.39 is 36.4 Å². The fourth-order valence-corrected chi connectivity index (χ4v) is 6.53. The van der Waals surface area contributed by atoms with Crippen LogP contribution < -0.4 is 16.0 Å². The lowest BCUT2D eigenvalue weighted by Gasteiger charge is -2.30. The predicted molar refractivity (Wildman–Crippen MR) is 204 cm³/mol. The molecule has 52 heavy (non-hydrogen) atoms. The van der Waals surface area contributed by atoms with Crippen LogP contribution in [0.25, 0.3) is 0 Å². The predicted octanol–water partition coefficient (Wildman–Crippen LogP) is 6.02. The van der Waals surface area contributed by atoms with Crippen molar-refractivity contribution in [3.63, 3.8) is 0 Å². The van der Waals surface area contributed by atoms with Gasteiger partial charge in [-0.2, -0.15) is 0 Å². The molecule has 278 valence electrons. The van der Waals surface area contributed by atoms with E-state index in [9.17, 15) is 19.5 Å². The number of ether oxygens (including phenoxy) is 1. The van der Waals surface area contributed by atoms with Gasteiger partial charge in [0.05, 0.1) is 29.4 Å². The molecule has 2 heterocycles. The van der Waals surface area contributed by atoms with E-state index in [4.69, 9.17) is 9.72 Å². The van der Waals surface area contributed by atoms with Crippen LogP contribution in [0.3, 0.4) is 0 Å². The van der Waals surface area contributed by atoms with Gasteiger partial charge in [0.25, 0.3) is 0 Å². The van der Waals surface area contributed by atoms with Crippen molar-refractivity contribution < 1.29 is 24.2 Å². The first-order valence-corrected chi connectivity index (χ1v) is 18.5. The molecule has 4 amide bonds. The Labute approximate surface area is 311 Å². The quantitative estimate of drug-likeness (QED) is 0.110. The van der Waals surface area contributed by atoms with Crippen molar-refractivity contribution in [1.82, 2.24) is 30.8 Å². The maximum atomic E-state index is 13.9. The van der Waals surface area contributed by atoms with Crippen LogP contribution in [0, 0.1) is 5.92 Å². The van der Waals surface area contributed by atoms with Gasteiger partial charge in [-0.25, -0.2) is 14.6 Å². The second-order valence-corrected chi connectivity index (χ2v) is 15.4. The van der Waals surface area contributed by atoms with Crippen molar-refractivity contribution in [1.29, 1.82) is 0 Å². The number of thiazole rings is 1. The standard InChI is InChI=1S/C40H52N6O5S/c1-27(2)35(45-38(49)46(6)24-32-26-52-37(43-32)40(3,4)5)36(48)42-31(20-28-14-9-7-10-15-28)22-34(47)33(21-29-16-11-8-12-17-29)44-39(50)51-25-30-18-13-19-41-23-30/h7-19,23,26-27,31,33-35,47H,20-22,24-25H2,1-6H3,(H,42,48)(H,44,50)(H,45,49)/t31-,33-,34-,35?/m0/s1. The fourth-order valence-electron chi connectivity index (χ4n) is 5.63. The molecule has 4 N–H and O–H groups in total. The Morgan fingerprint density at radius 3 is 2.10 bits per heavy atom. The van der Waals surface area contributed by atoms with Gasteiger partial charge in [0.2, 0.25) is 5.91 Å². The highest BCUT2D eigenvalue weighted by molar-refractivity contribution is 7.09. The summed E-state index contributed by atoms with van der Waals surface area (Å²) in [6.07, 6.45) is 2.41. The van der Waals surface area contributed by atoms with Crippen LogP contribution in [0.2, 0.25) is 0 Å². The van der Waals surface area contributed by atoms with Crippen LogP contribution in [-0.4, -0.2) is 69.3 Å². The maximum Gasteiger partial charge on any atom is 0.407 e. The molecule has 0 bridgehead atoms. The number of aromatic nitrogens is 2. The number of rotatable bonds is 16. The lowest BCUT2D eigenvalue weighted by Crippen LogP contribution is -2.55. The molecule has 2 aromatic carbocycles. The van der Waals surface area contributed by atoms with Gasteiger partial charge in [0.15, 0.2) is 0 Å². The molecule has 0 fully saturated rings. The Morgan fingerprint density at radius 2 is 1.52 bits per heavy atom. The lowest BCUT2D eigenvalue weighted by atomic mass is 9.93. The molecule has 0 saturated carbocycles. The smallest absolute Gasteiger partial charge is 0.407 e. The van der Waals surface area contributed by atoms with Crippen LogP contribution >= 0.6 is 11.3 Å². The number of aliphatic hydroxyl groups is 1. The van der Waals surface area contributed by atoms with Gasteiger partial charge >= 0.3 is 12.1 Å². The van der Waals surface area contributed by atoms with Gasteiger partial charge in [-0.15, -0.1) is 11.3 Å². The SMILES string of the molecule is CC(C)C(NC(=O)N(C)Cc1csc(C(C)(C)C)n1)C(=O)N[C@@H](Cc1ccccc1)C[C@H](O)[C@H](Cc1ccccc1)NC(=O)OCc1cccnc1. The van der Waals surface area contributed by atoms with Crippen LogP contribution in [0.1, 0.15) is 68.4 Å². The normalized spacial score (nSPS) is 13.8. The molecule has 0 saturated heterocycles. The number of carbonyl (C=O) groups is 3. The molecule has 0 aliphatic rings. The Hall–Kier alpha value is -4.81. The Bertz CT molecular complexity index is 1700. The van der Waals surface area contributed by atoms with E-state index in [0.717, 1.165) is 27.4 Å². The van der Waals surface area contributed by atoms with Gasteiger partial charge in [-0.1, -0.05) is 101 Å². The Balaban J connectivity index is 1.47. The van der Waals surface area contributed by atoms with E-state index in [-0.39, 0.29) is 30.3 Å². The zero-order chi connectivity index (χ0) is 37.7. The third kappa shape index (κ3) is 12.8. The van der Waals surface area contributed by atoms with E-state index in [1.165, 1.54) is 4.90 Å². The summed E-state index contributed by atoms with van der Waals surface area (Å²) in [4.78, 5) is 50.5. The van der Waals surface area contributed by atoms with Gasteiger partial charge in [0, 0.05) is 41.8 Å². The number of amides is 4.